The predicted octanol–water partition coefficient (Wildman–Crippen LogP) is 5.00. The van der Waals surface area contributed by atoms with Crippen LogP contribution in [0.3, 0.4) is 0 Å². The maximum absolute atomic E-state index is 13.5. The molecule has 3 heterocycles. The number of carbonyl (C=O) groups excluding carboxylic acids is 2. The summed E-state index contributed by atoms with van der Waals surface area (Å²) < 4.78 is 5.85. The number of aromatic amines is 1. The average molecular weight is 496 g/mol. The van der Waals surface area contributed by atoms with E-state index in [0.717, 1.165) is 38.2 Å². The molecule has 2 aromatic carbocycles. The number of aromatic nitrogens is 3. The van der Waals surface area contributed by atoms with Crippen molar-refractivity contribution in [3.8, 4) is 11.5 Å². The van der Waals surface area contributed by atoms with Crippen LogP contribution in [0.1, 0.15) is 35.7 Å². The van der Waals surface area contributed by atoms with E-state index in [0.29, 0.717) is 33.7 Å². The molecule has 1 unspecified atom stereocenters. The number of hydrogen-bond donors (Lipinski definition) is 2. The van der Waals surface area contributed by atoms with Crippen molar-refractivity contribution in [2.75, 3.05) is 25.0 Å². The lowest BCUT2D eigenvalue weighted by Crippen LogP contribution is -2.42. The van der Waals surface area contributed by atoms with Gasteiger partial charge in [-0.3, -0.25) is 14.5 Å². The highest BCUT2D eigenvalue weighted by Crippen LogP contribution is 2.28. The van der Waals surface area contributed by atoms with Gasteiger partial charge in [-0.2, -0.15) is 0 Å². The number of benzene rings is 2. The maximum Gasteiger partial charge on any atom is 0.195 e. The summed E-state index contributed by atoms with van der Waals surface area (Å²) in [6, 6.07) is 16.8. The Bertz CT molecular complexity index is 1410. The SMILES string of the molecule is CC(=O)/C=C/CN1CCCC(Nc2ncnc3[nH]cc(C(=O)c4ccc(Oc5ccccc5)cc4)c23)C1. The molecule has 0 aliphatic carbocycles. The van der Waals surface area contributed by atoms with Crippen LogP contribution in [-0.4, -0.2) is 57.1 Å². The quantitative estimate of drug-likeness (QED) is 0.249. The van der Waals surface area contributed by atoms with Crippen molar-refractivity contribution in [1.82, 2.24) is 19.9 Å². The van der Waals surface area contributed by atoms with Gasteiger partial charge in [0.25, 0.3) is 0 Å². The Morgan fingerprint density at radius 3 is 2.68 bits per heavy atom. The highest BCUT2D eigenvalue weighted by Gasteiger charge is 2.23. The van der Waals surface area contributed by atoms with Crippen LogP contribution in [0.4, 0.5) is 5.82 Å². The molecule has 2 aromatic heterocycles. The first-order valence-electron chi connectivity index (χ1n) is 12.4. The van der Waals surface area contributed by atoms with Gasteiger partial charge in [-0.05, 0) is 68.8 Å². The molecule has 8 heteroatoms. The molecule has 5 rings (SSSR count). The Labute approximate surface area is 215 Å². The molecule has 1 atom stereocenters. The zero-order chi connectivity index (χ0) is 25.6. The van der Waals surface area contributed by atoms with Gasteiger partial charge in [0.2, 0.25) is 0 Å². The summed E-state index contributed by atoms with van der Waals surface area (Å²) in [5.41, 5.74) is 1.69. The molecule has 37 heavy (non-hydrogen) atoms. The molecule has 0 bridgehead atoms. The number of allylic oxidation sites excluding steroid dienone is 1. The van der Waals surface area contributed by atoms with Crippen LogP contribution in [0.15, 0.2) is 79.3 Å². The Morgan fingerprint density at radius 2 is 1.89 bits per heavy atom. The summed E-state index contributed by atoms with van der Waals surface area (Å²) in [5.74, 6) is 1.98. The molecule has 0 radical (unpaired) electrons. The highest BCUT2D eigenvalue weighted by molar-refractivity contribution is 6.18. The summed E-state index contributed by atoms with van der Waals surface area (Å²) >= 11 is 0. The molecule has 0 saturated carbocycles. The van der Waals surface area contributed by atoms with Crippen molar-refractivity contribution in [3.63, 3.8) is 0 Å². The number of ether oxygens (including phenoxy) is 1. The Morgan fingerprint density at radius 1 is 1.11 bits per heavy atom. The van der Waals surface area contributed by atoms with Gasteiger partial charge in [0.05, 0.1) is 10.9 Å². The molecular weight excluding hydrogens is 466 g/mol. The fraction of sp³-hybridized carbons (Fsp3) is 0.241. The van der Waals surface area contributed by atoms with E-state index < -0.39 is 0 Å². The number of ketones is 2. The van der Waals surface area contributed by atoms with Crippen LogP contribution in [-0.2, 0) is 4.79 Å². The molecule has 188 valence electrons. The van der Waals surface area contributed by atoms with E-state index in [9.17, 15) is 9.59 Å². The maximum atomic E-state index is 13.5. The van der Waals surface area contributed by atoms with E-state index in [2.05, 4.69) is 25.2 Å². The summed E-state index contributed by atoms with van der Waals surface area (Å²) in [6.07, 6.45) is 8.75. The minimum atomic E-state index is -0.116. The van der Waals surface area contributed by atoms with E-state index >= 15 is 0 Å². The van der Waals surface area contributed by atoms with E-state index in [1.54, 1.807) is 43.5 Å². The van der Waals surface area contributed by atoms with Gasteiger partial charge >= 0.3 is 0 Å². The molecule has 0 spiro atoms. The van der Waals surface area contributed by atoms with Crippen molar-refractivity contribution in [2.24, 2.45) is 0 Å². The zero-order valence-electron chi connectivity index (χ0n) is 20.7. The molecule has 0 amide bonds. The number of para-hydroxylation sites is 1. The number of nitrogens with zero attached hydrogens (tertiary/aromatic N) is 3. The number of likely N-dealkylation sites (tertiary alicyclic amines) is 1. The lowest BCUT2D eigenvalue weighted by atomic mass is 10.0. The first-order chi connectivity index (χ1) is 18.1. The third-order valence-electron chi connectivity index (χ3n) is 6.37. The topological polar surface area (TPSA) is 100 Å². The molecule has 1 aliphatic heterocycles. The van der Waals surface area contributed by atoms with Crippen LogP contribution < -0.4 is 10.1 Å². The van der Waals surface area contributed by atoms with Crippen molar-refractivity contribution in [2.45, 2.75) is 25.8 Å². The molecule has 4 aromatic rings. The number of carbonyl (C=O) groups is 2. The van der Waals surface area contributed by atoms with Gasteiger partial charge < -0.3 is 15.0 Å². The highest BCUT2D eigenvalue weighted by atomic mass is 16.5. The van der Waals surface area contributed by atoms with Gasteiger partial charge in [-0.15, -0.1) is 0 Å². The fourth-order valence-electron chi connectivity index (χ4n) is 4.61. The molecule has 8 nitrogen and oxygen atoms in total. The lowest BCUT2D eigenvalue weighted by Gasteiger charge is -2.32. The third kappa shape index (κ3) is 5.92. The van der Waals surface area contributed by atoms with Crippen molar-refractivity contribution in [3.05, 3.63) is 90.4 Å². The second kappa shape index (κ2) is 11.2. The fourth-order valence-corrected chi connectivity index (χ4v) is 4.61. The number of H-pyrrole nitrogens is 1. The van der Waals surface area contributed by atoms with Crippen LogP contribution in [0.2, 0.25) is 0 Å². The lowest BCUT2D eigenvalue weighted by molar-refractivity contribution is -0.112. The molecule has 1 saturated heterocycles. The molecule has 1 aliphatic rings. The second-order valence-electron chi connectivity index (χ2n) is 9.17. The second-order valence-corrected chi connectivity index (χ2v) is 9.17. The minimum absolute atomic E-state index is 0.0538. The predicted molar refractivity (Wildman–Crippen MR) is 143 cm³/mol. The smallest absolute Gasteiger partial charge is 0.195 e. The zero-order valence-corrected chi connectivity index (χ0v) is 20.7. The van der Waals surface area contributed by atoms with Crippen LogP contribution in [0, 0.1) is 0 Å². The summed E-state index contributed by atoms with van der Waals surface area (Å²) in [6.45, 7) is 4.09. The van der Waals surface area contributed by atoms with Crippen LogP contribution in [0.5, 0.6) is 11.5 Å². The van der Waals surface area contributed by atoms with Crippen molar-refractivity contribution < 1.29 is 14.3 Å². The third-order valence-corrected chi connectivity index (χ3v) is 6.37. The number of piperidine rings is 1. The number of anilines is 1. The summed E-state index contributed by atoms with van der Waals surface area (Å²) in [5, 5.41) is 4.23. The standard InChI is InChI=1S/C29H29N5O3/c1-20(35)7-5-15-34-16-6-8-22(18-34)33-29-26-25(17-30-28(26)31-19-32-29)27(36)21-11-13-24(14-12-21)37-23-9-3-2-4-10-23/h2-5,7,9-14,17,19,22H,6,8,15-16,18H2,1H3,(H2,30,31,32,33)/b7-5+. The van der Waals surface area contributed by atoms with Gasteiger partial charge in [0.15, 0.2) is 11.6 Å². The normalized spacial score (nSPS) is 16.2. The van der Waals surface area contributed by atoms with Crippen molar-refractivity contribution in [1.29, 1.82) is 0 Å². The Kier molecular flexibility index (Phi) is 7.37. The molecular formula is C29H29N5O3. The number of nitrogens with one attached hydrogen (secondary N) is 2. The summed E-state index contributed by atoms with van der Waals surface area (Å²) in [7, 11) is 0. The molecule has 1 fully saturated rings. The average Bonchev–Trinajstić information content (AvgIpc) is 3.35. The molecule has 2 N–H and O–H groups in total. The van der Waals surface area contributed by atoms with Gasteiger partial charge in [-0.1, -0.05) is 24.3 Å². The van der Waals surface area contributed by atoms with Crippen LogP contribution in [0.25, 0.3) is 11.0 Å². The first kappa shape index (κ1) is 24.4. The van der Waals surface area contributed by atoms with Gasteiger partial charge in [-0.25, -0.2) is 9.97 Å². The van der Waals surface area contributed by atoms with E-state index in [-0.39, 0.29) is 17.6 Å². The van der Waals surface area contributed by atoms with Gasteiger partial charge in [0.1, 0.15) is 29.3 Å². The van der Waals surface area contributed by atoms with E-state index in [4.69, 9.17) is 4.74 Å². The minimum Gasteiger partial charge on any atom is -0.457 e. The Balaban J connectivity index is 1.32. The largest absolute Gasteiger partial charge is 0.457 e. The van der Waals surface area contributed by atoms with Crippen molar-refractivity contribution >= 4 is 28.4 Å². The summed E-state index contributed by atoms with van der Waals surface area (Å²) in [4.78, 5) is 38.9. The Hall–Kier alpha value is -4.30. The van der Waals surface area contributed by atoms with Gasteiger partial charge in [0, 0.05) is 30.9 Å². The number of rotatable bonds is 9. The first-order valence-corrected chi connectivity index (χ1v) is 12.4. The van der Waals surface area contributed by atoms with E-state index in [1.807, 2.05) is 36.4 Å². The monoisotopic (exact) mass is 495 g/mol. The number of hydrogen-bond acceptors (Lipinski definition) is 7. The van der Waals surface area contributed by atoms with E-state index in [1.165, 1.54) is 6.33 Å². The number of fused-ring (bicyclic) bond motifs is 1. The van der Waals surface area contributed by atoms with Crippen LogP contribution >= 0.6 is 0 Å².